The lowest BCUT2D eigenvalue weighted by Crippen LogP contribution is -2.08. The molecule has 0 atom stereocenters. The van der Waals surface area contributed by atoms with Gasteiger partial charge in [0.2, 0.25) is 0 Å². The SMILES string of the molecule is COc1ccc(Br)cc1/C=C/CO/N=C(/C)C(=O)O.COc1ccc(Br)cc1/C=C/CON. The second-order valence-electron chi connectivity index (χ2n) is 6.19. The first-order valence-electron chi connectivity index (χ1n) is 9.54. The van der Waals surface area contributed by atoms with Gasteiger partial charge in [-0.2, -0.15) is 0 Å². The summed E-state index contributed by atoms with van der Waals surface area (Å²) in [5.41, 5.74) is 1.78. The van der Waals surface area contributed by atoms with Gasteiger partial charge in [-0.25, -0.2) is 10.7 Å². The summed E-state index contributed by atoms with van der Waals surface area (Å²) in [4.78, 5) is 19.7. The summed E-state index contributed by atoms with van der Waals surface area (Å²) in [6.07, 6.45) is 7.26. The number of carboxylic acid groups (broad SMARTS) is 1. The molecule has 0 saturated heterocycles. The molecule has 8 nitrogen and oxygen atoms in total. The number of hydrogen-bond acceptors (Lipinski definition) is 7. The molecule has 0 aromatic heterocycles. The van der Waals surface area contributed by atoms with Crippen molar-refractivity contribution in [3.63, 3.8) is 0 Å². The highest BCUT2D eigenvalue weighted by atomic mass is 79.9. The molecule has 0 aliphatic carbocycles. The number of aliphatic carboxylic acids is 1. The summed E-state index contributed by atoms with van der Waals surface area (Å²) >= 11 is 6.76. The van der Waals surface area contributed by atoms with Crippen molar-refractivity contribution in [2.24, 2.45) is 11.1 Å². The molecule has 0 heterocycles. The Labute approximate surface area is 209 Å². The van der Waals surface area contributed by atoms with Crippen LogP contribution < -0.4 is 15.4 Å². The Morgan fingerprint density at radius 2 is 1.45 bits per heavy atom. The van der Waals surface area contributed by atoms with E-state index in [1.54, 1.807) is 20.3 Å². The summed E-state index contributed by atoms with van der Waals surface area (Å²) in [5, 5.41) is 12.0. The third kappa shape index (κ3) is 11.2. The molecule has 10 heteroatoms. The molecule has 0 radical (unpaired) electrons. The van der Waals surface area contributed by atoms with Gasteiger partial charge in [0.05, 0.1) is 20.8 Å². The number of methoxy groups -OCH3 is 2. The number of carbonyl (C=O) groups is 1. The molecule has 0 aliphatic rings. The maximum atomic E-state index is 10.5. The molecule has 0 fully saturated rings. The number of benzene rings is 2. The Kier molecular flexibility index (Phi) is 13.8. The van der Waals surface area contributed by atoms with Gasteiger partial charge in [0.15, 0.2) is 5.71 Å². The van der Waals surface area contributed by atoms with Crippen LogP contribution >= 0.6 is 31.9 Å². The standard InChI is InChI=1S/C13H14BrNO4.C10H12BrNO2/c1-9(13(16)17)15-19-7-3-4-10-8-11(14)5-6-12(10)18-2;1-13-10-5-4-9(11)7-8(10)3-2-6-14-12/h3-6,8H,7H2,1-2H3,(H,16,17);2-5,7H,6,12H2,1H3/b4-3+,15-9-;3-2+. The minimum absolute atomic E-state index is 0.0894. The number of rotatable bonds is 10. The van der Waals surface area contributed by atoms with Crippen LogP contribution in [0, 0.1) is 0 Å². The molecule has 0 bridgehead atoms. The van der Waals surface area contributed by atoms with Crippen LogP contribution in [-0.4, -0.2) is 44.2 Å². The highest BCUT2D eigenvalue weighted by Gasteiger charge is 2.02. The van der Waals surface area contributed by atoms with E-state index < -0.39 is 5.97 Å². The van der Waals surface area contributed by atoms with Crippen molar-refractivity contribution < 1.29 is 29.0 Å². The van der Waals surface area contributed by atoms with Crippen molar-refractivity contribution in [1.29, 1.82) is 0 Å². The lowest BCUT2D eigenvalue weighted by molar-refractivity contribution is -0.129. The van der Waals surface area contributed by atoms with Crippen molar-refractivity contribution in [2.45, 2.75) is 6.92 Å². The lowest BCUT2D eigenvalue weighted by Gasteiger charge is -2.04. The second-order valence-corrected chi connectivity index (χ2v) is 8.02. The number of halogens is 2. The van der Waals surface area contributed by atoms with Crippen LogP contribution in [0.3, 0.4) is 0 Å². The third-order valence-corrected chi connectivity index (χ3v) is 4.84. The topological polar surface area (TPSA) is 113 Å². The fraction of sp³-hybridized carbons (Fsp3) is 0.217. The summed E-state index contributed by atoms with van der Waals surface area (Å²) in [7, 11) is 3.23. The Hall–Kier alpha value is -2.66. The summed E-state index contributed by atoms with van der Waals surface area (Å²) in [5.74, 6) is 5.36. The first-order valence-corrected chi connectivity index (χ1v) is 11.1. The summed E-state index contributed by atoms with van der Waals surface area (Å²) in [6, 6.07) is 11.4. The number of ether oxygens (including phenoxy) is 2. The minimum atomic E-state index is -1.10. The van der Waals surface area contributed by atoms with E-state index in [0.29, 0.717) is 6.61 Å². The van der Waals surface area contributed by atoms with Crippen molar-refractivity contribution in [2.75, 3.05) is 27.4 Å². The summed E-state index contributed by atoms with van der Waals surface area (Å²) in [6.45, 7) is 1.93. The molecular formula is C23H26Br2N2O6. The van der Waals surface area contributed by atoms with Crippen LogP contribution in [0.2, 0.25) is 0 Å². The molecule has 33 heavy (non-hydrogen) atoms. The van der Waals surface area contributed by atoms with E-state index in [0.717, 1.165) is 31.6 Å². The normalized spacial score (nSPS) is 11.3. The Morgan fingerprint density at radius 3 is 1.88 bits per heavy atom. The zero-order valence-corrected chi connectivity index (χ0v) is 21.6. The minimum Gasteiger partial charge on any atom is -0.496 e. The monoisotopic (exact) mass is 584 g/mol. The molecule has 0 saturated carbocycles. The molecule has 0 aliphatic heterocycles. The van der Waals surface area contributed by atoms with Crippen molar-refractivity contribution in [3.8, 4) is 11.5 Å². The average Bonchev–Trinajstić information content (AvgIpc) is 2.79. The van der Waals surface area contributed by atoms with Gasteiger partial charge < -0.3 is 24.3 Å². The highest BCUT2D eigenvalue weighted by Crippen LogP contribution is 2.24. The number of oxime groups is 1. The molecule has 0 spiro atoms. The van der Waals surface area contributed by atoms with E-state index in [1.165, 1.54) is 6.92 Å². The number of nitrogens with two attached hydrogens (primary N) is 1. The van der Waals surface area contributed by atoms with Gasteiger partial charge in [-0.05, 0) is 49.4 Å². The van der Waals surface area contributed by atoms with Gasteiger partial charge in [0, 0.05) is 20.1 Å². The Bertz CT molecular complexity index is 993. The van der Waals surface area contributed by atoms with Crippen LogP contribution in [0.5, 0.6) is 11.5 Å². The van der Waals surface area contributed by atoms with Gasteiger partial charge in [0.25, 0.3) is 0 Å². The van der Waals surface area contributed by atoms with Crippen LogP contribution in [0.25, 0.3) is 12.2 Å². The van der Waals surface area contributed by atoms with Gasteiger partial charge in [-0.1, -0.05) is 55.2 Å². The molecule has 178 valence electrons. The summed E-state index contributed by atoms with van der Waals surface area (Å²) < 4.78 is 12.3. The van der Waals surface area contributed by atoms with Crippen LogP contribution in [-0.2, 0) is 14.5 Å². The van der Waals surface area contributed by atoms with Crippen LogP contribution in [0.4, 0.5) is 0 Å². The Balaban J connectivity index is 0.000000346. The van der Waals surface area contributed by atoms with E-state index >= 15 is 0 Å². The Morgan fingerprint density at radius 1 is 0.970 bits per heavy atom. The van der Waals surface area contributed by atoms with E-state index in [9.17, 15) is 4.79 Å². The van der Waals surface area contributed by atoms with Crippen molar-refractivity contribution >= 4 is 55.7 Å². The van der Waals surface area contributed by atoms with Gasteiger partial charge in [-0.3, -0.25) is 0 Å². The highest BCUT2D eigenvalue weighted by molar-refractivity contribution is 9.10. The number of hydrogen-bond donors (Lipinski definition) is 2. The third-order valence-electron chi connectivity index (χ3n) is 3.85. The molecule has 0 amide bonds. The van der Waals surface area contributed by atoms with E-state index in [4.69, 9.17) is 25.3 Å². The molecule has 3 N–H and O–H groups in total. The van der Waals surface area contributed by atoms with E-state index in [2.05, 4.69) is 41.9 Å². The maximum absolute atomic E-state index is 10.5. The fourth-order valence-corrected chi connectivity index (χ4v) is 3.05. The lowest BCUT2D eigenvalue weighted by atomic mass is 10.2. The zero-order valence-electron chi connectivity index (χ0n) is 18.5. The van der Waals surface area contributed by atoms with E-state index in [1.807, 2.05) is 54.6 Å². The smallest absolute Gasteiger partial charge is 0.353 e. The van der Waals surface area contributed by atoms with Crippen molar-refractivity contribution in [3.05, 3.63) is 68.6 Å². The molecule has 0 unspecified atom stereocenters. The number of nitrogens with zero attached hydrogens (tertiary/aromatic N) is 1. The average molecular weight is 586 g/mol. The maximum Gasteiger partial charge on any atom is 0.353 e. The number of carboxylic acids is 1. The van der Waals surface area contributed by atoms with Gasteiger partial charge in [0.1, 0.15) is 18.1 Å². The van der Waals surface area contributed by atoms with Crippen molar-refractivity contribution in [1.82, 2.24) is 0 Å². The predicted molar refractivity (Wildman–Crippen MR) is 136 cm³/mol. The molecule has 2 aromatic rings. The van der Waals surface area contributed by atoms with Gasteiger partial charge >= 0.3 is 5.97 Å². The quantitative estimate of drug-likeness (QED) is 0.221. The fourth-order valence-electron chi connectivity index (χ4n) is 2.29. The van der Waals surface area contributed by atoms with E-state index in [-0.39, 0.29) is 12.3 Å². The molecule has 2 rings (SSSR count). The largest absolute Gasteiger partial charge is 0.496 e. The van der Waals surface area contributed by atoms with Crippen LogP contribution in [0.1, 0.15) is 18.1 Å². The molecule has 2 aromatic carbocycles. The first-order chi connectivity index (χ1) is 15.8. The van der Waals surface area contributed by atoms with Gasteiger partial charge in [-0.15, -0.1) is 0 Å². The second kappa shape index (κ2) is 16.0. The first kappa shape index (κ1) is 28.4. The van der Waals surface area contributed by atoms with Crippen LogP contribution in [0.15, 0.2) is 62.7 Å². The predicted octanol–water partition coefficient (Wildman–Crippen LogP) is 5.31. The molecular weight excluding hydrogens is 560 g/mol. The zero-order chi connectivity index (χ0) is 24.6.